The minimum absolute atomic E-state index is 0.0667. The first-order valence-corrected chi connectivity index (χ1v) is 9.88. The zero-order chi connectivity index (χ0) is 21.0. The maximum Gasteiger partial charge on any atom is 0.318 e. The lowest BCUT2D eigenvalue weighted by atomic mass is 9.81. The first-order chi connectivity index (χ1) is 14.6. The molecule has 1 heterocycles. The Morgan fingerprint density at radius 3 is 1.53 bits per heavy atom. The first-order valence-electron chi connectivity index (χ1n) is 9.88. The van der Waals surface area contributed by atoms with Gasteiger partial charge < -0.3 is 5.32 Å². The van der Waals surface area contributed by atoms with E-state index >= 15 is 0 Å². The van der Waals surface area contributed by atoms with Gasteiger partial charge >= 0.3 is 11.8 Å². The molecule has 0 aromatic heterocycles. The van der Waals surface area contributed by atoms with Crippen LogP contribution in [0.15, 0.2) is 91.0 Å². The monoisotopic (exact) mass is 398 g/mol. The SMILES string of the molecule is O=C1NC(Cc2ccccc2)(Cc2ccccc2)C(=O)N(Cc2ccccc2)C1=O. The van der Waals surface area contributed by atoms with Gasteiger partial charge in [-0.2, -0.15) is 0 Å². The fraction of sp³-hybridized carbons (Fsp3) is 0.160. The molecule has 1 fully saturated rings. The third-order valence-corrected chi connectivity index (χ3v) is 5.33. The van der Waals surface area contributed by atoms with Crippen molar-refractivity contribution in [2.75, 3.05) is 0 Å². The van der Waals surface area contributed by atoms with Gasteiger partial charge in [0.25, 0.3) is 5.91 Å². The number of nitrogens with one attached hydrogen (secondary N) is 1. The van der Waals surface area contributed by atoms with E-state index in [4.69, 9.17) is 0 Å². The minimum Gasteiger partial charge on any atom is -0.333 e. The topological polar surface area (TPSA) is 66.5 Å². The van der Waals surface area contributed by atoms with Crippen molar-refractivity contribution in [3.05, 3.63) is 108 Å². The minimum atomic E-state index is -1.23. The van der Waals surface area contributed by atoms with Crippen LogP contribution in [0.3, 0.4) is 0 Å². The van der Waals surface area contributed by atoms with E-state index in [1.807, 2.05) is 91.0 Å². The van der Waals surface area contributed by atoms with Crippen molar-refractivity contribution in [3.8, 4) is 0 Å². The Labute approximate surface area is 175 Å². The van der Waals surface area contributed by atoms with Gasteiger partial charge in [-0.3, -0.25) is 19.3 Å². The number of benzene rings is 3. The summed E-state index contributed by atoms with van der Waals surface area (Å²) in [4.78, 5) is 40.1. The highest BCUT2D eigenvalue weighted by Crippen LogP contribution is 2.26. The van der Waals surface area contributed by atoms with Crippen molar-refractivity contribution < 1.29 is 14.4 Å². The van der Waals surface area contributed by atoms with E-state index in [-0.39, 0.29) is 12.5 Å². The van der Waals surface area contributed by atoms with E-state index in [0.717, 1.165) is 21.6 Å². The molecule has 0 unspecified atom stereocenters. The van der Waals surface area contributed by atoms with Gasteiger partial charge in [-0.1, -0.05) is 91.0 Å². The molecule has 1 aliphatic heterocycles. The molecule has 1 aliphatic rings. The largest absolute Gasteiger partial charge is 0.333 e. The number of piperazine rings is 1. The Morgan fingerprint density at radius 2 is 1.07 bits per heavy atom. The van der Waals surface area contributed by atoms with E-state index in [9.17, 15) is 14.4 Å². The van der Waals surface area contributed by atoms with Gasteiger partial charge in [0.1, 0.15) is 5.54 Å². The molecular weight excluding hydrogens is 376 g/mol. The number of amides is 3. The molecule has 0 atom stereocenters. The van der Waals surface area contributed by atoms with Crippen molar-refractivity contribution in [2.24, 2.45) is 0 Å². The summed E-state index contributed by atoms with van der Waals surface area (Å²) in [5.74, 6) is -1.96. The number of carbonyl (C=O) groups excluding carboxylic acids is 3. The molecule has 0 radical (unpaired) electrons. The number of nitrogens with zero attached hydrogens (tertiary/aromatic N) is 1. The number of carbonyl (C=O) groups is 3. The maximum atomic E-state index is 13.7. The summed E-state index contributed by atoms with van der Waals surface area (Å²) < 4.78 is 0. The molecule has 0 spiro atoms. The van der Waals surface area contributed by atoms with Crippen molar-refractivity contribution in [1.82, 2.24) is 10.2 Å². The van der Waals surface area contributed by atoms with Crippen molar-refractivity contribution in [1.29, 1.82) is 0 Å². The summed E-state index contributed by atoms with van der Waals surface area (Å²) in [5.41, 5.74) is 1.39. The number of imide groups is 1. The highest BCUT2D eigenvalue weighted by atomic mass is 16.2. The average molecular weight is 398 g/mol. The molecule has 5 heteroatoms. The van der Waals surface area contributed by atoms with Crippen LogP contribution >= 0.6 is 0 Å². The predicted octanol–water partition coefficient (Wildman–Crippen LogP) is 2.90. The van der Waals surface area contributed by atoms with Crippen molar-refractivity contribution in [3.63, 3.8) is 0 Å². The van der Waals surface area contributed by atoms with Crippen LogP contribution in [0.5, 0.6) is 0 Å². The fourth-order valence-corrected chi connectivity index (χ4v) is 3.90. The summed E-state index contributed by atoms with van der Waals surface area (Å²) >= 11 is 0. The van der Waals surface area contributed by atoms with Crippen LogP contribution in [-0.4, -0.2) is 28.2 Å². The van der Waals surface area contributed by atoms with Gasteiger partial charge in [-0.15, -0.1) is 0 Å². The number of hydrogen-bond acceptors (Lipinski definition) is 3. The van der Waals surface area contributed by atoms with Crippen LogP contribution in [0, 0.1) is 0 Å². The second-order valence-corrected chi connectivity index (χ2v) is 7.54. The van der Waals surface area contributed by atoms with Gasteiger partial charge in [0.15, 0.2) is 0 Å². The lowest BCUT2D eigenvalue weighted by Gasteiger charge is -2.41. The zero-order valence-corrected chi connectivity index (χ0v) is 16.5. The molecule has 0 bridgehead atoms. The molecule has 150 valence electrons. The molecule has 1 N–H and O–H groups in total. The highest BCUT2D eigenvalue weighted by molar-refractivity contribution is 6.40. The zero-order valence-electron chi connectivity index (χ0n) is 16.5. The Hall–Kier alpha value is -3.73. The lowest BCUT2D eigenvalue weighted by molar-refractivity contribution is -0.163. The lowest BCUT2D eigenvalue weighted by Crippen LogP contribution is -2.70. The average Bonchev–Trinajstić information content (AvgIpc) is 2.77. The van der Waals surface area contributed by atoms with E-state index in [1.54, 1.807) is 0 Å². The molecule has 4 rings (SSSR count). The standard InChI is InChI=1S/C25H22N2O3/c28-22-23(29)27(18-21-14-8-3-9-15-21)24(30)25(26-22,16-19-10-4-1-5-11-19)17-20-12-6-2-7-13-20/h1-15H,16-18H2,(H,26,28). The third-order valence-electron chi connectivity index (χ3n) is 5.33. The van der Waals surface area contributed by atoms with Crippen LogP contribution in [0.1, 0.15) is 16.7 Å². The maximum absolute atomic E-state index is 13.7. The predicted molar refractivity (Wildman–Crippen MR) is 113 cm³/mol. The number of hydrogen-bond donors (Lipinski definition) is 1. The van der Waals surface area contributed by atoms with E-state index in [1.165, 1.54) is 0 Å². The molecule has 1 saturated heterocycles. The van der Waals surface area contributed by atoms with Crippen molar-refractivity contribution in [2.45, 2.75) is 24.9 Å². The molecule has 3 aromatic carbocycles. The summed E-state index contributed by atoms with van der Waals surface area (Å²) in [5, 5.41) is 2.76. The fourth-order valence-electron chi connectivity index (χ4n) is 3.90. The van der Waals surface area contributed by atoms with Gasteiger partial charge in [-0.05, 0) is 16.7 Å². The van der Waals surface area contributed by atoms with Gasteiger partial charge in [-0.25, -0.2) is 0 Å². The molecule has 3 aromatic rings. The van der Waals surface area contributed by atoms with Crippen LogP contribution in [0.25, 0.3) is 0 Å². The molecule has 30 heavy (non-hydrogen) atoms. The smallest absolute Gasteiger partial charge is 0.318 e. The molecular formula is C25H22N2O3. The van der Waals surface area contributed by atoms with E-state index in [0.29, 0.717) is 12.8 Å². The summed E-state index contributed by atoms with van der Waals surface area (Å²) in [6.45, 7) is 0.0667. The van der Waals surface area contributed by atoms with Gasteiger partial charge in [0.05, 0.1) is 6.54 Å². The second-order valence-electron chi connectivity index (χ2n) is 7.54. The molecule has 0 aliphatic carbocycles. The van der Waals surface area contributed by atoms with Crippen LogP contribution in [-0.2, 0) is 33.8 Å². The van der Waals surface area contributed by atoms with Crippen LogP contribution in [0.2, 0.25) is 0 Å². The summed E-state index contributed by atoms with van der Waals surface area (Å²) in [6, 6.07) is 28.3. The highest BCUT2D eigenvalue weighted by Gasteiger charge is 2.50. The van der Waals surface area contributed by atoms with Gasteiger partial charge in [0.2, 0.25) is 0 Å². The molecule has 5 nitrogen and oxygen atoms in total. The third kappa shape index (κ3) is 4.01. The Morgan fingerprint density at radius 1 is 0.633 bits per heavy atom. The van der Waals surface area contributed by atoms with E-state index < -0.39 is 17.4 Å². The quantitative estimate of drug-likeness (QED) is 0.513. The normalized spacial score (nSPS) is 15.7. The van der Waals surface area contributed by atoms with Gasteiger partial charge in [0, 0.05) is 12.8 Å². The summed E-state index contributed by atoms with van der Waals surface area (Å²) in [7, 11) is 0. The van der Waals surface area contributed by atoms with Crippen LogP contribution in [0.4, 0.5) is 0 Å². The Bertz CT molecular complexity index is 1010. The Balaban J connectivity index is 1.73. The Kier molecular flexibility index (Phi) is 5.44. The molecule has 0 saturated carbocycles. The first kappa shape index (κ1) is 19.6. The second kappa shape index (κ2) is 8.33. The summed E-state index contributed by atoms with van der Waals surface area (Å²) in [6.07, 6.45) is 0.595. The molecule has 3 amide bonds. The van der Waals surface area contributed by atoms with E-state index in [2.05, 4.69) is 5.32 Å². The van der Waals surface area contributed by atoms with Crippen LogP contribution < -0.4 is 5.32 Å². The van der Waals surface area contributed by atoms with Crippen molar-refractivity contribution >= 4 is 17.7 Å². The number of rotatable bonds is 6.